The average molecular weight is 449 g/mol. The molecule has 0 spiro atoms. The van der Waals surface area contributed by atoms with Crippen molar-refractivity contribution >= 4 is 17.2 Å². The zero-order chi connectivity index (χ0) is 23.4. The van der Waals surface area contributed by atoms with E-state index in [0.29, 0.717) is 17.4 Å². The number of nitrogens with zero attached hydrogens (tertiary/aromatic N) is 3. The summed E-state index contributed by atoms with van der Waals surface area (Å²) in [5.74, 6) is 6.71. The van der Waals surface area contributed by atoms with E-state index in [9.17, 15) is 5.11 Å². The zero-order valence-electron chi connectivity index (χ0n) is 19.5. The molecule has 4 N–H and O–H groups in total. The number of aromatic nitrogens is 3. The largest absolute Gasteiger partial charge is 0.383 e. The van der Waals surface area contributed by atoms with E-state index < -0.39 is 5.60 Å². The van der Waals surface area contributed by atoms with Gasteiger partial charge in [-0.25, -0.2) is 15.0 Å². The van der Waals surface area contributed by atoms with Crippen molar-refractivity contribution in [3.05, 3.63) is 58.6 Å². The van der Waals surface area contributed by atoms with Gasteiger partial charge in [-0.15, -0.1) is 11.3 Å². The van der Waals surface area contributed by atoms with Crippen LogP contribution in [0, 0.1) is 11.8 Å². The fourth-order valence-electron chi connectivity index (χ4n) is 3.66. The maximum atomic E-state index is 9.80. The van der Waals surface area contributed by atoms with Crippen LogP contribution in [0.15, 0.2) is 36.8 Å². The third kappa shape index (κ3) is 5.92. The smallest absolute Gasteiger partial charge is 0.126 e. The first-order chi connectivity index (χ1) is 15.8. The molecule has 0 saturated carbocycles. The maximum Gasteiger partial charge on any atom is 0.126 e. The summed E-state index contributed by atoms with van der Waals surface area (Å²) >= 11 is 1.72. The lowest BCUT2D eigenvalue weighted by Crippen LogP contribution is -2.26. The SMILES string of the molecule is [2H]N1CCC(c2ncc(-c3cnc(N)c(CCc4ccnc(C#CC(C)(C)O)c4)c3)s2)CC1. The second-order valence-corrected chi connectivity index (χ2v) is 9.70. The van der Waals surface area contributed by atoms with Gasteiger partial charge in [-0.1, -0.05) is 5.92 Å². The van der Waals surface area contributed by atoms with Crippen molar-refractivity contribution in [2.75, 3.05) is 18.8 Å². The summed E-state index contributed by atoms with van der Waals surface area (Å²) in [6, 6.07) is 6.03. The zero-order valence-corrected chi connectivity index (χ0v) is 19.3. The van der Waals surface area contributed by atoms with Gasteiger partial charge in [-0.05, 0) is 87.9 Å². The van der Waals surface area contributed by atoms with E-state index in [1.807, 2.05) is 24.5 Å². The summed E-state index contributed by atoms with van der Waals surface area (Å²) in [4.78, 5) is 14.5. The molecule has 1 aliphatic heterocycles. The number of aryl methyl sites for hydroxylation is 2. The van der Waals surface area contributed by atoms with Crippen molar-refractivity contribution in [3.8, 4) is 22.3 Å². The topological polar surface area (TPSA) is 97.0 Å². The normalized spacial score (nSPS) is 15.8. The standard InChI is InChI=1S/C25H29N5OS/c1-25(2,31)9-5-21-13-17(6-12-28-21)3-4-19-14-20(15-29-23(19)26)22-16-30-24(32-22)18-7-10-27-11-8-18/h6,12-16,18,27,31H,3-4,7-8,10-11H2,1-2H3,(H2,26,29)/i/hD. The molecule has 4 rings (SSSR count). The van der Waals surface area contributed by atoms with E-state index in [1.54, 1.807) is 36.7 Å². The van der Waals surface area contributed by atoms with Crippen LogP contribution in [0.25, 0.3) is 10.4 Å². The molecule has 3 aromatic heterocycles. The third-order valence-electron chi connectivity index (χ3n) is 5.43. The molecule has 0 bridgehead atoms. The van der Waals surface area contributed by atoms with Gasteiger partial charge in [-0.3, -0.25) is 0 Å². The number of piperidine rings is 1. The molecule has 0 amide bonds. The van der Waals surface area contributed by atoms with E-state index in [4.69, 9.17) is 7.15 Å². The monoisotopic (exact) mass is 448 g/mol. The molecule has 1 fully saturated rings. The van der Waals surface area contributed by atoms with Gasteiger partial charge in [0.15, 0.2) is 0 Å². The molecule has 4 heterocycles. The molecular weight excluding hydrogens is 418 g/mol. The molecule has 7 heteroatoms. The minimum absolute atomic E-state index is 0.437. The molecule has 1 saturated heterocycles. The summed E-state index contributed by atoms with van der Waals surface area (Å²) in [7, 11) is 0. The number of anilines is 1. The van der Waals surface area contributed by atoms with E-state index >= 15 is 0 Å². The highest BCUT2D eigenvalue weighted by atomic mass is 32.1. The number of hydrogen-bond donors (Lipinski definition) is 3. The number of nitrogens with two attached hydrogens (primary N) is 1. The van der Waals surface area contributed by atoms with Crippen molar-refractivity contribution in [2.45, 2.75) is 51.0 Å². The Kier molecular flexibility index (Phi) is 6.44. The summed E-state index contributed by atoms with van der Waals surface area (Å²) < 4.78 is 7.74. The molecule has 0 aromatic carbocycles. The Bertz CT molecular complexity index is 1170. The quantitative estimate of drug-likeness (QED) is 0.517. The lowest BCUT2D eigenvalue weighted by atomic mass is 9.99. The summed E-state index contributed by atoms with van der Waals surface area (Å²) in [6.07, 6.45) is 8.99. The number of rotatable bonds is 5. The van der Waals surface area contributed by atoms with Crippen molar-refractivity contribution in [2.24, 2.45) is 0 Å². The van der Waals surface area contributed by atoms with Gasteiger partial charge >= 0.3 is 0 Å². The van der Waals surface area contributed by atoms with Gasteiger partial charge in [0, 0.05) is 30.1 Å². The average Bonchev–Trinajstić information content (AvgIpc) is 3.28. The van der Waals surface area contributed by atoms with E-state index in [1.165, 1.54) is 0 Å². The fraction of sp³-hybridized carbons (Fsp3) is 0.400. The molecule has 6 nitrogen and oxygen atoms in total. The molecule has 0 aliphatic carbocycles. The first-order valence-corrected chi connectivity index (χ1v) is 11.7. The molecular formula is C25H29N5OS. The predicted molar refractivity (Wildman–Crippen MR) is 129 cm³/mol. The summed E-state index contributed by atoms with van der Waals surface area (Å²) in [6.45, 7) is 4.90. The van der Waals surface area contributed by atoms with E-state index in [2.05, 4.69) is 32.9 Å². The Hall–Kier alpha value is -2.79. The molecule has 0 atom stereocenters. The molecule has 32 heavy (non-hydrogen) atoms. The van der Waals surface area contributed by atoms with Crippen LogP contribution in [-0.2, 0) is 12.8 Å². The van der Waals surface area contributed by atoms with Crippen LogP contribution < -0.4 is 11.0 Å². The van der Waals surface area contributed by atoms with Gasteiger partial charge in [-0.2, -0.15) is 0 Å². The van der Waals surface area contributed by atoms with Crippen molar-refractivity contribution < 1.29 is 6.52 Å². The second-order valence-electron chi connectivity index (χ2n) is 8.63. The number of nitrogens with one attached hydrogen (secondary N) is 1. The molecule has 0 unspecified atom stereocenters. The fourth-order valence-corrected chi connectivity index (χ4v) is 4.73. The minimum Gasteiger partial charge on any atom is -0.383 e. The minimum atomic E-state index is -1.05. The molecule has 1 aliphatic rings. The van der Waals surface area contributed by atoms with Gasteiger partial charge in [0.2, 0.25) is 0 Å². The van der Waals surface area contributed by atoms with Crippen LogP contribution in [-0.4, -0.2) is 38.7 Å². The highest BCUT2D eigenvalue weighted by Gasteiger charge is 2.19. The summed E-state index contributed by atoms with van der Waals surface area (Å²) in [5.41, 5.74) is 8.92. The number of aliphatic hydroxyl groups is 1. The third-order valence-corrected chi connectivity index (χ3v) is 6.64. The van der Waals surface area contributed by atoms with Crippen LogP contribution in [0.2, 0.25) is 1.41 Å². The lowest BCUT2D eigenvalue weighted by Gasteiger charge is -2.20. The van der Waals surface area contributed by atoms with Gasteiger partial charge in [0.1, 0.15) is 18.5 Å². The van der Waals surface area contributed by atoms with E-state index in [-0.39, 0.29) is 0 Å². The number of nitrogen functional groups attached to an aromatic ring is 1. The van der Waals surface area contributed by atoms with Crippen LogP contribution >= 0.6 is 11.3 Å². The Labute approximate surface area is 194 Å². The Balaban J connectivity index is 1.46. The Morgan fingerprint density at radius 1 is 1.22 bits per heavy atom. The number of thiazole rings is 1. The molecule has 166 valence electrons. The highest BCUT2D eigenvalue weighted by molar-refractivity contribution is 7.15. The van der Waals surface area contributed by atoms with Gasteiger partial charge in [0.25, 0.3) is 0 Å². The number of hydrogen-bond acceptors (Lipinski definition) is 7. The van der Waals surface area contributed by atoms with Crippen LogP contribution in [0.1, 0.15) is 54.4 Å². The van der Waals surface area contributed by atoms with Crippen LogP contribution in [0.3, 0.4) is 0 Å². The van der Waals surface area contributed by atoms with Crippen LogP contribution in [0.4, 0.5) is 5.82 Å². The van der Waals surface area contributed by atoms with Gasteiger partial charge in [0.05, 0.1) is 9.88 Å². The van der Waals surface area contributed by atoms with Gasteiger partial charge < -0.3 is 16.2 Å². The first-order valence-electron chi connectivity index (χ1n) is 11.4. The van der Waals surface area contributed by atoms with Crippen molar-refractivity contribution in [3.63, 3.8) is 0 Å². The number of pyridine rings is 2. The Morgan fingerprint density at radius 2 is 2.03 bits per heavy atom. The molecule has 0 radical (unpaired) electrons. The second kappa shape index (κ2) is 9.78. The summed E-state index contributed by atoms with van der Waals surface area (Å²) in [5, 5.41) is 12.6. The Morgan fingerprint density at radius 3 is 2.81 bits per heavy atom. The van der Waals surface area contributed by atoms with Crippen molar-refractivity contribution in [1.29, 1.82) is 0 Å². The predicted octanol–water partition coefficient (Wildman–Crippen LogP) is 3.56. The molecule has 3 aromatic rings. The van der Waals surface area contributed by atoms with E-state index in [0.717, 1.165) is 65.3 Å². The lowest BCUT2D eigenvalue weighted by molar-refractivity contribution is 0.143. The maximum absolute atomic E-state index is 9.80. The van der Waals surface area contributed by atoms with Crippen molar-refractivity contribution in [1.82, 2.24) is 20.3 Å². The first kappa shape index (κ1) is 21.1. The highest BCUT2D eigenvalue weighted by Crippen LogP contribution is 2.34. The van der Waals surface area contributed by atoms with Crippen LogP contribution in [0.5, 0.6) is 0 Å².